The lowest BCUT2D eigenvalue weighted by atomic mass is 9.84. The minimum atomic E-state index is 0.687. The molecule has 0 amide bonds. The maximum Gasteiger partial charge on any atom is 0.169 e. The highest BCUT2D eigenvalue weighted by atomic mass is 15.3. The number of hydrogen-bond acceptors (Lipinski definition) is 5. The Hall–Kier alpha value is -1.67. The van der Waals surface area contributed by atoms with E-state index in [1.165, 1.54) is 19.4 Å². The van der Waals surface area contributed by atoms with Crippen LogP contribution in [-0.2, 0) is 0 Å². The number of rotatable bonds is 1. The maximum atomic E-state index is 9.48. The van der Waals surface area contributed by atoms with Crippen molar-refractivity contribution in [3.05, 3.63) is 16.8 Å². The fourth-order valence-electron chi connectivity index (χ4n) is 3.80. The summed E-state index contributed by atoms with van der Waals surface area (Å²) < 4.78 is 0. The summed E-state index contributed by atoms with van der Waals surface area (Å²) in [4.78, 5) is 4.78. The molecule has 3 heterocycles. The van der Waals surface area contributed by atoms with Crippen molar-refractivity contribution in [1.82, 2.24) is 15.1 Å². The molecule has 0 aromatic carbocycles. The summed E-state index contributed by atoms with van der Waals surface area (Å²) >= 11 is 0. The quantitative estimate of drug-likeness (QED) is 0.788. The predicted octanol–water partition coefficient (Wildman–Crippen LogP) is 1.89. The summed E-state index contributed by atoms with van der Waals surface area (Å²) in [5.41, 5.74) is 2.51. The predicted molar refractivity (Wildman–Crippen MR) is 82.2 cm³/mol. The largest absolute Gasteiger partial charge is 0.354 e. The number of fused-ring (bicyclic) bond motifs is 1. The molecular weight excluding hydrogens is 262 g/mol. The minimum absolute atomic E-state index is 0.687. The van der Waals surface area contributed by atoms with Crippen LogP contribution in [0.3, 0.4) is 0 Å². The molecule has 2 unspecified atom stereocenters. The number of aryl methyl sites for hydroxylation is 1. The number of likely N-dealkylation sites (tertiary alicyclic amines) is 1. The number of aromatic nitrogens is 2. The van der Waals surface area contributed by atoms with E-state index in [4.69, 9.17) is 0 Å². The molecule has 21 heavy (non-hydrogen) atoms. The Balaban J connectivity index is 1.86. The van der Waals surface area contributed by atoms with Crippen LogP contribution in [0, 0.1) is 31.1 Å². The Morgan fingerprint density at radius 2 is 2.00 bits per heavy atom. The number of nitriles is 1. The fourth-order valence-corrected chi connectivity index (χ4v) is 3.80. The van der Waals surface area contributed by atoms with Crippen LogP contribution in [0.2, 0.25) is 0 Å². The van der Waals surface area contributed by atoms with Crippen molar-refractivity contribution >= 4 is 5.82 Å². The van der Waals surface area contributed by atoms with Crippen molar-refractivity contribution in [2.24, 2.45) is 5.92 Å². The molecular formula is C16H23N5. The average Bonchev–Trinajstić information content (AvgIpc) is 2.50. The Kier molecular flexibility index (Phi) is 3.81. The van der Waals surface area contributed by atoms with Crippen molar-refractivity contribution in [3.63, 3.8) is 0 Å². The normalized spacial score (nSPS) is 26.3. The average molecular weight is 285 g/mol. The zero-order chi connectivity index (χ0) is 15.0. The van der Waals surface area contributed by atoms with Crippen LogP contribution < -0.4 is 4.90 Å². The fraction of sp³-hybridized carbons (Fsp3) is 0.688. The van der Waals surface area contributed by atoms with Crippen molar-refractivity contribution in [3.8, 4) is 6.07 Å². The Morgan fingerprint density at radius 3 is 2.76 bits per heavy atom. The van der Waals surface area contributed by atoms with Gasteiger partial charge < -0.3 is 9.80 Å². The Labute approximate surface area is 126 Å². The lowest BCUT2D eigenvalue weighted by molar-refractivity contribution is 0.102. The Morgan fingerprint density at radius 1 is 1.19 bits per heavy atom. The highest BCUT2D eigenvalue weighted by Gasteiger charge is 2.35. The van der Waals surface area contributed by atoms with Gasteiger partial charge in [-0.25, -0.2) is 0 Å². The molecule has 5 nitrogen and oxygen atoms in total. The molecule has 0 spiro atoms. The van der Waals surface area contributed by atoms with Crippen LogP contribution in [0.4, 0.5) is 5.82 Å². The molecule has 2 saturated heterocycles. The van der Waals surface area contributed by atoms with Gasteiger partial charge in [-0.15, -0.1) is 5.10 Å². The van der Waals surface area contributed by atoms with Crippen LogP contribution in [0.5, 0.6) is 0 Å². The lowest BCUT2D eigenvalue weighted by Gasteiger charge is -2.46. The van der Waals surface area contributed by atoms with Gasteiger partial charge in [0.15, 0.2) is 5.82 Å². The smallest absolute Gasteiger partial charge is 0.169 e. The van der Waals surface area contributed by atoms with Gasteiger partial charge in [0.05, 0.1) is 5.69 Å². The molecule has 0 bridgehead atoms. The molecule has 1 aromatic rings. The Bertz CT molecular complexity index is 577. The highest BCUT2D eigenvalue weighted by Crippen LogP contribution is 2.32. The highest BCUT2D eigenvalue weighted by molar-refractivity contribution is 5.57. The van der Waals surface area contributed by atoms with Gasteiger partial charge in [0, 0.05) is 19.1 Å². The third-order valence-corrected chi connectivity index (χ3v) is 5.19. The minimum Gasteiger partial charge on any atom is -0.354 e. The topological polar surface area (TPSA) is 56.1 Å². The SMILES string of the molecule is Cc1nnc(N2CCC3C(CCCN3C)C2)c(C#N)c1C. The maximum absolute atomic E-state index is 9.48. The molecule has 112 valence electrons. The molecule has 1 aromatic heterocycles. The van der Waals surface area contributed by atoms with Gasteiger partial charge in [-0.1, -0.05) is 0 Å². The molecule has 0 saturated carbocycles. The summed E-state index contributed by atoms with van der Waals surface area (Å²) in [6.45, 7) is 7.06. The van der Waals surface area contributed by atoms with E-state index in [-0.39, 0.29) is 0 Å². The van der Waals surface area contributed by atoms with E-state index in [1.807, 2.05) is 13.8 Å². The first-order chi connectivity index (χ1) is 10.1. The van der Waals surface area contributed by atoms with Crippen LogP contribution in [0.1, 0.15) is 36.1 Å². The first-order valence-electron chi connectivity index (χ1n) is 7.81. The van der Waals surface area contributed by atoms with Crippen LogP contribution >= 0.6 is 0 Å². The zero-order valence-corrected chi connectivity index (χ0v) is 13.1. The summed E-state index contributed by atoms with van der Waals surface area (Å²) in [5.74, 6) is 1.47. The van der Waals surface area contributed by atoms with Crippen molar-refractivity contribution < 1.29 is 0 Å². The number of hydrogen-bond donors (Lipinski definition) is 0. The molecule has 2 aliphatic heterocycles. The summed E-state index contributed by atoms with van der Waals surface area (Å²) in [7, 11) is 2.24. The summed E-state index contributed by atoms with van der Waals surface area (Å²) in [6, 6.07) is 3.02. The van der Waals surface area contributed by atoms with Crippen molar-refractivity contribution in [1.29, 1.82) is 5.26 Å². The molecule has 2 atom stereocenters. The van der Waals surface area contributed by atoms with E-state index in [1.54, 1.807) is 0 Å². The second-order valence-electron chi connectivity index (χ2n) is 6.41. The molecule has 2 fully saturated rings. The molecule has 5 heteroatoms. The molecule has 2 aliphatic rings. The van der Waals surface area contributed by atoms with Gasteiger partial charge in [0.1, 0.15) is 11.6 Å². The van der Waals surface area contributed by atoms with Gasteiger partial charge in [0.2, 0.25) is 0 Å². The van der Waals surface area contributed by atoms with Crippen LogP contribution in [-0.4, -0.2) is 47.8 Å². The van der Waals surface area contributed by atoms with Gasteiger partial charge in [-0.05, 0) is 58.2 Å². The number of nitrogens with zero attached hydrogens (tertiary/aromatic N) is 5. The summed E-state index contributed by atoms with van der Waals surface area (Å²) in [6.07, 6.45) is 3.71. The van der Waals surface area contributed by atoms with Gasteiger partial charge in [-0.3, -0.25) is 0 Å². The zero-order valence-electron chi connectivity index (χ0n) is 13.1. The van der Waals surface area contributed by atoms with Crippen LogP contribution in [0.25, 0.3) is 0 Å². The van der Waals surface area contributed by atoms with E-state index in [0.717, 1.165) is 36.6 Å². The van der Waals surface area contributed by atoms with Crippen molar-refractivity contribution in [2.45, 2.75) is 39.2 Å². The van der Waals surface area contributed by atoms with Crippen LogP contribution in [0.15, 0.2) is 0 Å². The molecule has 3 rings (SSSR count). The summed E-state index contributed by atoms with van der Waals surface area (Å²) in [5, 5.41) is 18.0. The van der Waals surface area contributed by atoms with Gasteiger partial charge >= 0.3 is 0 Å². The second kappa shape index (κ2) is 5.61. The third kappa shape index (κ3) is 2.49. The van der Waals surface area contributed by atoms with E-state index < -0.39 is 0 Å². The second-order valence-corrected chi connectivity index (χ2v) is 6.41. The van der Waals surface area contributed by atoms with E-state index >= 15 is 0 Å². The monoisotopic (exact) mass is 285 g/mol. The van der Waals surface area contributed by atoms with Crippen molar-refractivity contribution in [2.75, 3.05) is 31.6 Å². The van der Waals surface area contributed by atoms with E-state index in [2.05, 4.69) is 33.1 Å². The molecule has 0 radical (unpaired) electrons. The lowest BCUT2D eigenvalue weighted by Crippen LogP contribution is -2.53. The first kappa shape index (κ1) is 14.3. The standard InChI is InChI=1S/C16H23N5/c1-11-12(2)18-19-16(14(11)9-17)21-8-6-15-13(10-21)5-4-7-20(15)3/h13,15H,4-8,10H2,1-3H3. The number of anilines is 1. The van der Waals surface area contributed by atoms with Gasteiger partial charge in [0.25, 0.3) is 0 Å². The first-order valence-corrected chi connectivity index (χ1v) is 7.81. The van der Waals surface area contributed by atoms with Gasteiger partial charge in [-0.2, -0.15) is 10.4 Å². The number of piperidine rings is 2. The van der Waals surface area contributed by atoms with E-state index in [0.29, 0.717) is 17.5 Å². The molecule has 0 N–H and O–H groups in total. The third-order valence-electron chi connectivity index (χ3n) is 5.19. The molecule has 0 aliphatic carbocycles. The van der Waals surface area contributed by atoms with E-state index in [9.17, 15) is 5.26 Å².